The van der Waals surface area contributed by atoms with Crippen molar-refractivity contribution in [2.24, 2.45) is 0 Å². The third kappa shape index (κ3) is 5.49. The zero-order valence-electron chi connectivity index (χ0n) is 15.7. The largest absolute Gasteiger partial charge is 0.497 e. The van der Waals surface area contributed by atoms with Crippen molar-refractivity contribution >= 4 is 5.97 Å². The molecular weight excluding hydrogens is 348 g/mol. The number of rotatable bonds is 9. The van der Waals surface area contributed by atoms with Gasteiger partial charge in [-0.05, 0) is 36.8 Å². The highest BCUT2D eigenvalue weighted by Crippen LogP contribution is 2.33. The Bertz CT molecular complexity index is 782. The molecule has 0 aliphatic rings. The quantitative estimate of drug-likeness (QED) is 0.414. The van der Waals surface area contributed by atoms with Crippen molar-refractivity contribution in [2.75, 3.05) is 27.4 Å². The van der Waals surface area contributed by atoms with Crippen molar-refractivity contribution in [3.63, 3.8) is 0 Å². The van der Waals surface area contributed by atoms with Crippen molar-refractivity contribution in [3.05, 3.63) is 65.7 Å². The molecule has 0 amide bonds. The number of esters is 1. The van der Waals surface area contributed by atoms with Gasteiger partial charge in [-0.15, -0.1) is 0 Å². The summed E-state index contributed by atoms with van der Waals surface area (Å²) in [4.78, 5) is 11.3. The zero-order valence-corrected chi connectivity index (χ0v) is 15.7. The van der Waals surface area contributed by atoms with Gasteiger partial charge in [0.15, 0.2) is 0 Å². The summed E-state index contributed by atoms with van der Waals surface area (Å²) in [5, 5.41) is 10.7. The molecule has 1 atom stereocenters. The highest BCUT2D eigenvalue weighted by atomic mass is 16.6. The van der Waals surface area contributed by atoms with E-state index in [-0.39, 0.29) is 13.2 Å². The number of aliphatic hydroxyl groups excluding tert-OH is 1. The van der Waals surface area contributed by atoms with E-state index >= 15 is 0 Å². The normalized spacial score (nSPS) is 11.4. The van der Waals surface area contributed by atoms with Gasteiger partial charge in [-0.2, -0.15) is 0 Å². The first kappa shape index (κ1) is 20.3. The Kier molecular flexibility index (Phi) is 7.25. The molecule has 0 fully saturated rings. The molecule has 0 radical (unpaired) electrons. The van der Waals surface area contributed by atoms with E-state index in [0.29, 0.717) is 33.9 Å². The minimum Gasteiger partial charge on any atom is -0.497 e. The summed E-state index contributed by atoms with van der Waals surface area (Å²) in [5.74, 6) is 1.37. The molecule has 27 heavy (non-hydrogen) atoms. The molecular formula is C21H24O6. The van der Waals surface area contributed by atoms with Crippen LogP contribution in [0.2, 0.25) is 0 Å². The van der Waals surface area contributed by atoms with E-state index in [1.165, 1.54) is 0 Å². The summed E-state index contributed by atoms with van der Waals surface area (Å²) in [6.45, 7) is 5.47. The topological polar surface area (TPSA) is 74.2 Å². The van der Waals surface area contributed by atoms with Gasteiger partial charge in [-0.25, -0.2) is 4.79 Å². The molecule has 0 spiro atoms. The molecule has 0 aromatic heterocycles. The second kappa shape index (κ2) is 9.64. The van der Waals surface area contributed by atoms with Crippen LogP contribution in [0.4, 0.5) is 0 Å². The van der Waals surface area contributed by atoms with Gasteiger partial charge in [0.2, 0.25) is 0 Å². The zero-order chi connectivity index (χ0) is 19.8. The summed E-state index contributed by atoms with van der Waals surface area (Å²) >= 11 is 0. The van der Waals surface area contributed by atoms with Gasteiger partial charge in [0.05, 0.1) is 14.2 Å². The van der Waals surface area contributed by atoms with Crippen molar-refractivity contribution in [3.8, 4) is 17.2 Å². The van der Waals surface area contributed by atoms with Crippen LogP contribution in [0.3, 0.4) is 0 Å². The van der Waals surface area contributed by atoms with Crippen LogP contribution in [0.1, 0.15) is 24.2 Å². The molecule has 144 valence electrons. The molecule has 0 saturated heterocycles. The highest BCUT2D eigenvalue weighted by Gasteiger charge is 2.16. The van der Waals surface area contributed by atoms with E-state index in [9.17, 15) is 9.90 Å². The lowest BCUT2D eigenvalue weighted by atomic mass is 10.0. The molecule has 1 unspecified atom stereocenters. The number of methoxy groups -OCH3 is 2. The van der Waals surface area contributed by atoms with E-state index in [2.05, 4.69) is 6.58 Å². The second-order valence-corrected chi connectivity index (χ2v) is 5.84. The van der Waals surface area contributed by atoms with Crippen molar-refractivity contribution in [2.45, 2.75) is 13.0 Å². The number of aliphatic hydroxyl groups is 1. The monoisotopic (exact) mass is 372 g/mol. The molecule has 6 heteroatoms. The standard InChI is InChI=1S/C21H24O6/c1-14(2)21(23)27-12-11-26-16-7-5-15(6-8-16)20(22)18-10-9-17(24-3)13-19(18)25-4/h5-10,13,20,22H,1,11-12H2,2-4H3. The Hall–Kier alpha value is -2.99. The predicted molar refractivity (Wildman–Crippen MR) is 101 cm³/mol. The summed E-state index contributed by atoms with van der Waals surface area (Å²) in [6.07, 6.45) is -0.851. The smallest absolute Gasteiger partial charge is 0.333 e. The van der Waals surface area contributed by atoms with Gasteiger partial charge < -0.3 is 24.1 Å². The number of carbonyl (C=O) groups is 1. The summed E-state index contributed by atoms with van der Waals surface area (Å²) in [5.41, 5.74) is 1.68. The molecule has 0 saturated carbocycles. The van der Waals surface area contributed by atoms with Crippen LogP contribution in [0, 0.1) is 0 Å². The molecule has 2 rings (SSSR count). The van der Waals surface area contributed by atoms with Crippen LogP contribution in [-0.4, -0.2) is 38.5 Å². The maximum atomic E-state index is 11.3. The van der Waals surface area contributed by atoms with Crippen LogP contribution in [0.5, 0.6) is 17.2 Å². The van der Waals surface area contributed by atoms with Gasteiger partial charge in [-0.1, -0.05) is 18.7 Å². The van der Waals surface area contributed by atoms with Gasteiger partial charge in [0.25, 0.3) is 0 Å². The van der Waals surface area contributed by atoms with Crippen molar-refractivity contribution < 1.29 is 28.8 Å². The summed E-state index contributed by atoms with van der Waals surface area (Å²) < 4.78 is 21.0. The second-order valence-electron chi connectivity index (χ2n) is 5.84. The molecule has 0 bridgehead atoms. The molecule has 0 aliphatic carbocycles. The fourth-order valence-electron chi connectivity index (χ4n) is 2.39. The van der Waals surface area contributed by atoms with E-state index in [1.807, 2.05) is 0 Å². The number of carbonyl (C=O) groups excluding carboxylic acids is 1. The lowest BCUT2D eigenvalue weighted by molar-refractivity contribution is -0.139. The van der Waals surface area contributed by atoms with Gasteiger partial charge in [0.1, 0.15) is 36.6 Å². The first-order valence-corrected chi connectivity index (χ1v) is 8.41. The van der Waals surface area contributed by atoms with Crippen molar-refractivity contribution in [1.29, 1.82) is 0 Å². The van der Waals surface area contributed by atoms with Crippen LogP contribution >= 0.6 is 0 Å². The Morgan fingerprint density at radius 2 is 1.70 bits per heavy atom. The molecule has 2 aromatic rings. The Labute approximate surface area is 158 Å². The highest BCUT2D eigenvalue weighted by molar-refractivity contribution is 5.86. The average molecular weight is 372 g/mol. The molecule has 2 aromatic carbocycles. The van der Waals surface area contributed by atoms with Gasteiger partial charge in [-0.3, -0.25) is 0 Å². The summed E-state index contributed by atoms with van der Waals surface area (Å²) in [7, 11) is 3.12. The molecule has 0 heterocycles. The van der Waals surface area contributed by atoms with Crippen LogP contribution in [-0.2, 0) is 9.53 Å². The first-order chi connectivity index (χ1) is 13.0. The Morgan fingerprint density at radius 3 is 2.30 bits per heavy atom. The van der Waals surface area contributed by atoms with Gasteiger partial charge >= 0.3 is 5.97 Å². The van der Waals surface area contributed by atoms with Gasteiger partial charge in [0, 0.05) is 17.2 Å². The number of hydrogen-bond acceptors (Lipinski definition) is 6. The van der Waals surface area contributed by atoms with Crippen molar-refractivity contribution in [1.82, 2.24) is 0 Å². The fourth-order valence-corrected chi connectivity index (χ4v) is 2.39. The third-order valence-corrected chi connectivity index (χ3v) is 3.86. The maximum absolute atomic E-state index is 11.3. The van der Waals surface area contributed by atoms with E-state index in [1.54, 1.807) is 63.6 Å². The Balaban J connectivity index is 1.98. The lowest BCUT2D eigenvalue weighted by Crippen LogP contribution is -2.12. The minimum absolute atomic E-state index is 0.138. The number of benzene rings is 2. The lowest BCUT2D eigenvalue weighted by Gasteiger charge is -2.16. The minimum atomic E-state index is -0.851. The number of ether oxygens (including phenoxy) is 4. The average Bonchev–Trinajstić information content (AvgIpc) is 2.70. The van der Waals surface area contributed by atoms with E-state index in [4.69, 9.17) is 18.9 Å². The number of hydrogen-bond donors (Lipinski definition) is 1. The fraction of sp³-hybridized carbons (Fsp3) is 0.286. The van der Waals surface area contributed by atoms with E-state index in [0.717, 1.165) is 0 Å². The predicted octanol–water partition coefficient (Wildman–Crippen LogP) is 3.28. The molecule has 1 N–H and O–H groups in total. The SMILES string of the molecule is C=C(C)C(=O)OCCOc1ccc(C(O)c2ccc(OC)cc2OC)cc1. The maximum Gasteiger partial charge on any atom is 0.333 e. The molecule has 6 nitrogen and oxygen atoms in total. The van der Waals surface area contributed by atoms with Crippen LogP contribution in [0.15, 0.2) is 54.6 Å². The Morgan fingerprint density at radius 1 is 1.04 bits per heavy atom. The molecule has 0 aliphatic heterocycles. The third-order valence-electron chi connectivity index (χ3n) is 3.86. The first-order valence-electron chi connectivity index (χ1n) is 8.41. The van der Waals surface area contributed by atoms with Crippen LogP contribution in [0.25, 0.3) is 0 Å². The van der Waals surface area contributed by atoms with E-state index < -0.39 is 12.1 Å². The van der Waals surface area contributed by atoms with Crippen LogP contribution < -0.4 is 14.2 Å². The summed E-state index contributed by atoms with van der Waals surface area (Å²) in [6, 6.07) is 12.3.